The van der Waals surface area contributed by atoms with Gasteiger partial charge in [-0.2, -0.15) is 0 Å². The fourth-order valence-corrected chi connectivity index (χ4v) is 1.86. The van der Waals surface area contributed by atoms with Crippen molar-refractivity contribution in [2.45, 2.75) is 19.8 Å². The minimum absolute atomic E-state index is 0.219. The highest BCUT2D eigenvalue weighted by molar-refractivity contribution is 7.09. The molecule has 1 heterocycles. The number of carbonyl (C=O) groups is 1. The van der Waals surface area contributed by atoms with Crippen LogP contribution in [0.25, 0.3) is 0 Å². The van der Waals surface area contributed by atoms with Crippen molar-refractivity contribution in [1.29, 1.82) is 0 Å². The van der Waals surface area contributed by atoms with Crippen LogP contribution < -0.4 is 0 Å². The van der Waals surface area contributed by atoms with E-state index in [1.54, 1.807) is 11.3 Å². The molecule has 0 radical (unpaired) electrons. The summed E-state index contributed by atoms with van der Waals surface area (Å²) in [7, 11) is 0. The maximum absolute atomic E-state index is 10.7. The van der Waals surface area contributed by atoms with Gasteiger partial charge in [0.2, 0.25) is 0 Å². The number of rotatable bonds is 4. The third-order valence-corrected chi connectivity index (χ3v) is 2.77. The molecule has 0 saturated carbocycles. The summed E-state index contributed by atoms with van der Waals surface area (Å²) in [6.07, 6.45) is 1.37. The van der Waals surface area contributed by atoms with Crippen LogP contribution in [0.1, 0.15) is 18.2 Å². The quantitative estimate of drug-likeness (QED) is 0.780. The molecule has 0 saturated heterocycles. The first-order valence-corrected chi connectivity index (χ1v) is 4.87. The maximum atomic E-state index is 10.7. The van der Waals surface area contributed by atoms with E-state index in [0.29, 0.717) is 12.8 Å². The second kappa shape index (κ2) is 4.26. The molecule has 2 nitrogen and oxygen atoms in total. The SMILES string of the molecule is CC[C@H](Cc1cccs1)C(=O)O. The van der Waals surface area contributed by atoms with E-state index in [1.807, 2.05) is 24.4 Å². The molecule has 1 aromatic heterocycles. The zero-order valence-corrected chi connectivity index (χ0v) is 7.80. The molecule has 0 aliphatic rings. The van der Waals surface area contributed by atoms with Crippen molar-refractivity contribution in [3.63, 3.8) is 0 Å². The van der Waals surface area contributed by atoms with Gasteiger partial charge in [0.25, 0.3) is 0 Å². The number of carboxylic acid groups (broad SMARTS) is 1. The lowest BCUT2D eigenvalue weighted by Gasteiger charge is -2.06. The van der Waals surface area contributed by atoms with Gasteiger partial charge in [-0.3, -0.25) is 4.79 Å². The van der Waals surface area contributed by atoms with Crippen molar-refractivity contribution < 1.29 is 9.90 Å². The van der Waals surface area contributed by atoms with Crippen molar-refractivity contribution in [1.82, 2.24) is 0 Å². The summed E-state index contributed by atoms with van der Waals surface area (Å²) in [5, 5.41) is 10.8. The molecule has 1 N–H and O–H groups in total. The lowest BCUT2D eigenvalue weighted by Crippen LogP contribution is -2.14. The third kappa shape index (κ3) is 2.34. The highest BCUT2D eigenvalue weighted by atomic mass is 32.1. The van der Waals surface area contributed by atoms with E-state index in [-0.39, 0.29) is 5.92 Å². The summed E-state index contributed by atoms with van der Waals surface area (Å²) in [4.78, 5) is 11.8. The second-order valence-electron chi connectivity index (χ2n) is 2.73. The van der Waals surface area contributed by atoms with E-state index >= 15 is 0 Å². The molecule has 0 unspecified atom stereocenters. The first-order valence-electron chi connectivity index (χ1n) is 3.99. The van der Waals surface area contributed by atoms with Crippen LogP contribution in [0.4, 0.5) is 0 Å². The predicted octanol–water partition coefficient (Wildman–Crippen LogP) is 2.40. The fraction of sp³-hybridized carbons (Fsp3) is 0.444. The van der Waals surface area contributed by atoms with E-state index in [2.05, 4.69) is 0 Å². The number of carboxylic acids is 1. The van der Waals surface area contributed by atoms with Gasteiger partial charge in [-0.25, -0.2) is 0 Å². The summed E-state index contributed by atoms with van der Waals surface area (Å²) < 4.78 is 0. The Hall–Kier alpha value is -0.830. The summed E-state index contributed by atoms with van der Waals surface area (Å²) in [6.45, 7) is 1.91. The normalized spacial score (nSPS) is 12.8. The van der Waals surface area contributed by atoms with E-state index in [4.69, 9.17) is 5.11 Å². The smallest absolute Gasteiger partial charge is 0.306 e. The van der Waals surface area contributed by atoms with Crippen molar-refractivity contribution in [3.8, 4) is 0 Å². The Bertz CT molecular complexity index is 241. The van der Waals surface area contributed by atoms with Crippen LogP contribution in [0.5, 0.6) is 0 Å². The molecule has 0 amide bonds. The molecular formula is C9H12O2S. The summed E-state index contributed by atoms with van der Waals surface area (Å²) in [5.74, 6) is -0.908. The Labute approximate surface area is 75.9 Å². The predicted molar refractivity (Wildman–Crippen MR) is 49.4 cm³/mol. The van der Waals surface area contributed by atoms with Crippen LogP contribution in [-0.4, -0.2) is 11.1 Å². The van der Waals surface area contributed by atoms with Crippen LogP contribution in [0.2, 0.25) is 0 Å². The van der Waals surface area contributed by atoms with Crippen LogP contribution in [0.15, 0.2) is 17.5 Å². The number of hydrogen-bond acceptors (Lipinski definition) is 2. The van der Waals surface area contributed by atoms with E-state index < -0.39 is 5.97 Å². The fourth-order valence-electron chi connectivity index (χ4n) is 1.08. The van der Waals surface area contributed by atoms with Crippen molar-refractivity contribution >= 4 is 17.3 Å². The molecule has 0 bridgehead atoms. The van der Waals surface area contributed by atoms with Gasteiger partial charge in [-0.05, 0) is 24.3 Å². The highest BCUT2D eigenvalue weighted by Crippen LogP contribution is 2.16. The zero-order chi connectivity index (χ0) is 8.97. The molecule has 3 heteroatoms. The lowest BCUT2D eigenvalue weighted by molar-refractivity contribution is -0.141. The molecule has 1 rings (SSSR count). The molecular weight excluding hydrogens is 172 g/mol. The van der Waals surface area contributed by atoms with Gasteiger partial charge in [0, 0.05) is 4.88 Å². The van der Waals surface area contributed by atoms with Gasteiger partial charge < -0.3 is 5.11 Å². The Morgan fingerprint density at radius 2 is 2.50 bits per heavy atom. The summed E-state index contributed by atoms with van der Waals surface area (Å²) in [6, 6.07) is 3.94. The molecule has 0 fully saturated rings. The molecule has 0 aliphatic carbocycles. The molecule has 1 aromatic rings. The van der Waals surface area contributed by atoms with Crippen molar-refractivity contribution in [3.05, 3.63) is 22.4 Å². The lowest BCUT2D eigenvalue weighted by atomic mass is 10.0. The Morgan fingerprint density at radius 1 is 1.75 bits per heavy atom. The van der Waals surface area contributed by atoms with Gasteiger partial charge >= 0.3 is 5.97 Å². The van der Waals surface area contributed by atoms with Gasteiger partial charge in [-0.1, -0.05) is 13.0 Å². The van der Waals surface area contributed by atoms with Gasteiger partial charge in [-0.15, -0.1) is 11.3 Å². The Balaban J connectivity index is 2.54. The average Bonchev–Trinajstić information content (AvgIpc) is 2.51. The van der Waals surface area contributed by atoms with Crippen molar-refractivity contribution in [2.75, 3.05) is 0 Å². The van der Waals surface area contributed by atoms with Crippen LogP contribution in [0.3, 0.4) is 0 Å². The average molecular weight is 184 g/mol. The summed E-state index contributed by atoms with van der Waals surface area (Å²) in [5.41, 5.74) is 0. The van der Waals surface area contributed by atoms with Crippen LogP contribution in [0, 0.1) is 5.92 Å². The second-order valence-corrected chi connectivity index (χ2v) is 3.76. The largest absolute Gasteiger partial charge is 0.481 e. The minimum Gasteiger partial charge on any atom is -0.481 e. The van der Waals surface area contributed by atoms with Gasteiger partial charge in [0.1, 0.15) is 0 Å². The monoisotopic (exact) mass is 184 g/mol. The first-order chi connectivity index (χ1) is 5.74. The molecule has 0 spiro atoms. The van der Waals surface area contributed by atoms with Crippen molar-refractivity contribution in [2.24, 2.45) is 5.92 Å². The summed E-state index contributed by atoms with van der Waals surface area (Å²) >= 11 is 1.62. The first kappa shape index (κ1) is 9.26. The number of hydrogen-bond donors (Lipinski definition) is 1. The Morgan fingerprint density at radius 3 is 2.92 bits per heavy atom. The number of aliphatic carboxylic acids is 1. The van der Waals surface area contributed by atoms with Crippen LogP contribution >= 0.6 is 11.3 Å². The van der Waals surface area contributed by atoms with Gasteiger partial charge in [0.15, 0.2) is 0 Å². The van der Waals surface area contributed by atoms with E-state index in [9.17, 15) is 4.79 Å². The van der Waals surface area contributed by atoms with E-state index in [0.717, 1.165) is 4.88 Å². The maximum Gasteiger partial charge on any atom is 0.306 e. The molecule has 1 atom stereocenters. The zero-order valence-electron chi connectivity index (χ0n) is 6.99. The van der Waals surface area contributed by atoms with E-state index in [1.165, 1.54) is 0 Å². The number of thiophene rings is 1. The minimum atomic E-state index is -0.689. The molecule has 0 aromatic carbocycles. The Kier molecular flexibility index (Phi) is 3.29. The molecule has 0 aliphatic heterocycles. The third-order valence-electron chi connectivity index (χ3n) is 1.87. The molecule has 12 heavy (non-hydrogen) atoms. The topological polar surface area (TPSA) is 37.3 Å². The highest BCUT2D eigenvalue weighted by Gasteiger charge is 2.15. The van der Waals surface area contributed by atoms with Gasteiger partial charge in [0.05, 0.1) is 5.92 Å². The van der Waals surface area contributed by atoms with Crippen LogP contribution in [-0.2, 0) is 11.2 Å². The standard InChI is InChI=1S/C9H12O2S/c1-2-7(9(10)11)6-8-4-3-5-12-8/h3-5,7H,2,6H2,1H3,(H,10,11)/t7-/m1/s1. The molecule has 66 valence electrons.